The highest BCUT2D eigenvalue weighted by Crippen LogP contribution is 2.36. The molecule has 0 radical (unpaired) electrons. The van der Waals surface area contributed by atoms with Gasteiger partial charge in [-0.25, -0.2) is 15.2 Å². The van der Waals surface area contributed by atoms with Crippen molar-refractivity contribution in [1.82, 2.24) is 10.4 Å². The number of alkyl halides is 3. The van der Waals surface area contributed by atoms with E-state index < -0.39 is 23.9 Å². The molecule has 1 amide bonds. The van der Waals surface area contributed by atoms with Crippen molar-refractivity contribution in [2.75, 3.05) is 31.2 Å². The molecule has 1 aromatic heterocycles. The van der Waals surface area contributed by atoms with Gasteiger partial charge in [0.15, 0.2) is 0 Å². The summed E-state index contributed by atoms with van der Waals surface area (Å²) in [5.41, 5.74) is 1.56. The van der Waals surface area contributed by atoms with E-state index in [1.54, 1.807) is 4.90 Å². The van der Waals surface area contributed by atoms with E-state index in [4.69, 9.17) is 9.47 Å². The minimum absolute atomic E-state index is 0.136. The lowest BCUT2D eigenvalue weighted by Crippen LogP contribution is -2.39. The molecule has 0 aliphatic carbocycles. The summed E-state index contributed by atoms with van der Waals surface area (Å²) in [5, 5.41) is 3.78. The molecule has 1 fully saturated rings. The van der Waals surface area contributed by atoms with Crippen LogP contribution in [-0.4, -0.2) is 49.2 Å². The van der Waals surface area contributed by atoms with Crippen LogP contribution in [0.25, 0.3) is 0 Å². The molecule has 130 valence electrons. The second kappa shape index (κ2) is 6.27. The highest BCUT2D eigenvalue weighted by molar-refractivity contribution is 6.05. The first-order valence-electron chi connectivity index (χ1n) is 7.31. The van der Waals surface area contributed by atoms with Gasteiger partial charge in [-0.2, -0.15) is 18.3 Å². The number of rotatable bonds is 2. The highest BCUT2D eigenvalue weighted by atomic mass is 19.4. The Morgan fingerprint density at radius 2 is 2.04 bits per heavy atom. The van der Waals surface area contributed by atoms with Gasteiger partial charge in [-0.3, -0.25) is 0 Å². The summed E-state index contributed by atoms with van der Waals surface area (Å²) in [6.45, 7) is 2.91. The third kappa shape index (κ3) is 3.28. The van der Waals surface area contributed by atoms with Gasteiger partial charge < -0.3 is 14.4 Å². The van der Waals surface area contributed by atoms with Gasteiger partial charge in [0, 0.05) is 24.8 Å². The van der Waals surface area contributed by atoms with E-state index >= 15 is 0 Å². The average molecular weight is 344 g/mol. The molecule has 0 saturated carbocycles. The number of ether oxygens (including phenoxy) is 2. The lowest BCUT2D eigenvalue weighted by Gasteiger charge is -2.30. The minimum atomic E-state index is -4.57. The van der Waals surface area contributed by atoms with E-state index in [1.165, 1.54) is 13.1 Å². The molecular formula is C14H15F3N4O3. The summed E-state index contributed by atoms with van der Waals surface area (Å²) in [6.07, 6.45) is -4.79. The number of morpholine rings is 1. The van der Waals surface area contributed by atoms with E-state index in [2.05, 4.69) is 15.5 Å². The van der Waals surface area contributed by atoms with Crippen LogP contribution in [0.5, 0.6) is 0 Å². The van der Waals surface area contributed by atoms with E-state index in [9.17, 15) is 18.0 Å². The van der Waals surface area contributed by atoms with Crippen LogP contribution in [0.3, 0.4) is 0 Å². The molecule has 1 unspecified atom stereocenters. The maximum atomic E-state index is 13.5. The predicted molar refractivity (Wildman–Crippen MR) is 77.9 cm³/mol. The molecule has 0 bridgehead atoms. The second-order valence-corrected chi connectivity index (χ2v) is 5.35. The number of nitrogens with one attached hydrogen (secondary N) is 1. The van der Waals surface area contributed by atoms with Gasteiger partial charge in [0.2, 0.25) is 0 Å². The fourth-order valence-electron chi connectivity index (χ4n) is 2.57. The second-order valence-electron chi connectivity index (χ2n) is 5.35. The monoisotopic (exact) mass is 344 g/mol. The molecule has 0 aromatic carbocycles. The number of carbonyl (C=O) groups excluding carboxylic acids is 1. The number of carbonyl (C=O) groups is 1. The lowest BCUT2D eigenvalue weighted by atomic mass is 10.0. The number of nitrogens with zero attached hydrogens (tertiary/aromatic N) is 3. The molecule has 2 aliphatic heterocycles. The van der Waals surface area contributed by atoms with Crippen molar-refractivity contribution in [2.24, 2.45) is 5.10 Å². The quantitative estimate of drug-likeness (QED) is 0.885. The molecule has 3 heterocycles. The zero-order valence-electron chi connectivity index (χ0n) is 12.8. The average Bonchev–Trinajstić information content (AvgIpc) is 2.54. The number of pyridine rings is 1. The van der Waals surface area contributed by atoms with E-state index in [0.717, 1.165) is 6.07 Å². The smallest absolute Gasteiger partial charge is 0.428 e. The standard InChI is InChI=1S/C14H15F3N4O3/c1-8-11(19-20-13(22)24-8)9-6-10(14(15,16)17)12(18-7-9)21-2-4-23-5-3-21/h6-8H,2-5H2,1H3,(H,20,22). The number of halogens is 3. The number of cyclic esters (lactones) is 1. The fraction of sp³-hybridized carbons (Fsp3) is 0.500. The van der Waals surface area contributed by atoms with Crippen molar-refractivity contribution in [1.29, 1.82) is 0 Å². The van der Waals surface area contributed by atoms with Crippen LogP contribution in [0.15, 0.2) is 17.4 Å². The highest BCUT2D eigenvalue weighted by Gasteiger charge is 2.37. The molecule has 3 rings (SSSR count). The Kier molecular flexibility index (Phi) is 4.31. The van der Waals surface area contributed by atoms with Gasteiger partial charge in [-0.1, -0.05) is 0 Å². The van der Waals surface area contributed by atoms with Gasteiger partial charge >= 0.3 is 12.3 Å². The lowest BCUT2D eigenvalue weighted by molar-refractivity contribution is -0.137. The summed E-state index contributed by atoms with van der Waals surface area (Å²) in [5.74, 6) is -0.136. The normalized spacial score (nSPS) is 21.8. The van der Waals surface area contributed by atoms with Gasteiger partial charge in [-0.05, 0) is 13.0 Å². The van der Waals surface area contributed by atoms with Crippen molar-refractivity contribution >= 4 is 17.6 Å². The third-order valence-corrected chi connectivity index (χ3v) is 3.71. The molecule has 2 aliphatic rings. The Bertz CT molecular complexity index is 672. The Labute approximate surface area is 135 Å². The maximum Gasteiger partial charge on any atom is 0.428 e. The van der Waals surface area contributed by atoms with Crippen LogP contribution in [-0.2, 0) is 15.7 Å². The zero-order chi connectivity index (χ0) is 17.3. The van der Waals surface area contributed by atoms with E-state index in [1.807, 2.05) is 0 Å². The summed E-state index contributed by atoms with van der Waals surface area (Å²) < 4.78 is 50.5. The van der Waals surface area contributed by atoms with Crippen LogP contribution in [0, 0.1) is 0 Å². The first kappa shape index (κ1) is 16.5. The van der Waals surface area contributed by atoms with Crippen LogP contribution in [0.1, 0.15) is 18.1 Å². The van der Waals surface area contributed by atoms with Gasteiger partial charge in [0.25, 0.3) is 0 Å². The summed E-state index contributed by atoms with van der Waals surface area (Å²) in [6, 6.07) is 0.980. The topological polar surface area (TPSA) is 76.0 Å². The van der Waals surface area contributed by atoms with Crippen molar-refractivity contribution < 1.29 is 27.4 Å². The summed E-state index contributed by atoms with van der Waals surface area (Å²) in [4.78, 5) is 16.6. The number of amides is 1. The van der Waals surface area contributed by atoms with Gasteiger partial charge in [0.05, 0.1) is 18.8 Å². The molecular weight excluding hydrogens is 329 g/mol. The Balaban J connectivity index is 2.00. The largest absolute Gasteiger partial charge is 0.439 e. The number of aromatic nitrogens is 1. The SMILES string of the molecule is CC1OC(=O)NN=C1c1cnc(N2CCOCC2)c(C(F)(F)F)c1. The Hall–Kier alpha value is -2.36. The molecule has 1 N–H and O–H groups in total. The van der Waals surface area contributed by atoms with Crippen LogP contribution >= 0.6 is 0 Å². The zero-order valence-corrected chi connectivity index (χ0v) is 12.8. The summed E-state index contributed by atoms with van der Waals surface area (Å²) >= 11 is 0. The molecule has 1 atom stereocenters. The first-order valence-corrected chi connectivity index (χ1v) is 7.31. The van der Waals surface area contributed by atoms with Crippen molar-refractivity contribution in [2.45, 2.75) is 19.2 Å². The molecule has 0 spiro atoms. The fourth-order valence-corrected chi connectivity index (χ4v) is 2.57. The Morgan fingerprint density at radius 1 is 1.33 bits per heavy atom. The molecule has 7 nitrogen and oxygen atoms in total. The van der Waals surface area contributed by atoms with E-state index in [-0.39, 0.29) is 17.1 Å². The van der Waals surface area contributed by atoms with Crippen molar-refractivity contribution in [3.63, 3.8) is 0 Å². The number of hydrazone groups is 1. The van der Waals surface area contributed by atoms with Gasteiger partial charge in [-0.15, -0.1) is 0 Å². The third-order valence-electron chi connectivity index (χ3n) is 3.71. The summed E-state index contributed by atoms with van der Waals surface area (Å²) in [7, 11) is 0. The number of anilines is 1. The molecule has 1 saturated heterocycles. The van der Waals surface area contributed by atoms with Gasteiger partial charge in [0.1, 0.15) is 17.6 Å². The van der Waals surface area contributed by atoms with E-state index in [0.29, 0.717) is 26.3 Å². The number of hydrogen-bond donors (Lipinski definition) is 1. The van der Waals surface area contributed by atoms with Crippen LogP contribution in [0.2, 0.25) is 0 Å². The van der Waals surface area contributed by atoms with Crippen LogP contribution < -0.4 is 10.3 Å². The minimum Gasteiger partial charge on any atom is -0.439 e. The number of hydrogen-bond acceptors (Lipinski definition) is 6. The Morgan fingerprint density at radius 3 is 2.67 bits per heavy atom. The predicted octanol–water partition coefficient (Wildman–Crippen LogP) is 1.77. The molecule has 1 aromatic rings. The van der Waals surface area contributed by atoms with Crippen LogP contribution in [0.4, 0.5) is 23.8 Å². The van der Waals surface area contributed by atoms with Crippen molar-refractivity contribution in [3.05, 3.63) is 23.4 Å². The molecule has 24 heavy (non-hydrogen) atoms. The van der Waals surface area contributed by atoms with Crippen molar-refractivity contribution in [3.8, 4) is 0 Å². The molecule has 10 heteroatoms. The maximum absolute atomic E-state index is 13.5. The first-order chi connectivity index (χ1) is 11.4.